The Morgan fingerprint density at radius 3 is 2.67 bits per heavy atom. The lowest BCUT2D eigenvalue weighted by atomic mass is 10.0. The first-order valence-electron chi connectivity index (χ1n) is 6.94. The van der Waals surface area contributed by atoms with Gasteiger partial charge in [0.2, 0.25) is 0 Å². The van der Waals surface area contributed by atoms with Gasteiger partial charge in [-0.1, -0.05) is 49.4 Å². The van der Waals surface area contributed by atoms with Crippen molar-refractivity contribution in [3.8, 4) is 0 Å². The van der Waals surface area contributed by atoms with E-state index in [4.69, 9.17) is 0 Å². The molecule has 0 radical (unpaired) electrons. The first kappa shape index (κ1) is 13.9. The van der Waals surface area contributed by atoms with Gasteiger partial charge < -0.3 is 0 Å². The molecule has 0 aliphatic carbocycles. The third-order valence-corrected chi connectivity index (χ3v) is 4.34. The highest BCUT2D eigenvalue weighted by Crippen LogP contribution is 2.33. The summed E-state index contributed by atoms with van der Waals surface area (Å²) in [7, 11) is 0. The Morgan fingerprint density at radius 1 is 1.10 bits per heavy atom. The van der Waals surface area contributed by atoms with Crippen molar-refractivity contribution in [3.05, 3.63) is 52.9 Å². The number of imide groups is 1. The van der Waals surface area contributed by atoms with Crippen molar-refractivity contribution < 1.29 is 9.59 Å². The number of hydrogen-bond donors (Lipinski definition) is 0. The maximum Gasteiger partial charge on any atom is 0.293 e. The highest BCUT2D eigenvalue weighted by atomic mass is 32.2. The SMILES string of the molecule is CCCN1C(=O)S/C(=C/c2cccc3ccccc23)C1=O. The summed E-state index contributed by atoms with van der Waals surface area (Å²) in [5.74, 6) is -0.181. The summed E-state index contributed by atoms with van der Waals surface area (Å²) in [5.41, 5.74) is 0.968. The second kappa shape index (κ2) is 5.74. The summed E-state index contributed by atoms with van der Waals surface area (Å²) in [6.07, 6.45) is 2.60. The number of hydrogen-bond acceptors (Lipinski definition) is 3. The summed E-state index contributed by atoms with van der Waals surface area (Å²) in [4.78, 5) is 26.0. The molecule has 2 aromatic carbocycles. The number of rotatable bonds is 3. The summed E-state index contributed by atoms with van der Waals surface area (Å²) in [5, 5.41) is 2.04. The molecule has 0 spiro atoms. The Labute approximate surface area is 127 Å². The van der Waals surface area contributed by atoms with Crippen LogP contribution in [0.25, 0.3) is 16.8 Å². The molecule has 21 heavy (non-hydrogen) atoms. The molecule has 1 aliphatic heterocycles. The monoisotopic (exact) mass is 297 g/mol. The van der Waals surface area contributed by atoms with Crippen LogP contribution in [0.1, 0.15) is 18.9 Å². The van der Waals surface area contributed by atoms with Gasteiger partial charge in [0.1, 0.15) is 0 Å². The molecule has 0 unspecified atom stereocenters. The van der Waals surface area contributed by atoms with Crippen LogP contribution in [-0.2, 0) is 4.79 Å². The van der Waals surface area contributed by atoms with E-state index in [2.05, 4.69) is 0 Å². The molecule has 1 heterocycles. The van der Waals surface area contributed by atoms with Crippen LogP contribution in [0.15, 0.2) is 47.4 Å². The average Bonchev–Trinajstić information content (AvgIpc) is 2.76. The average molecular weight is 297 g/mol. The molecule has 1 aliphatic rings. The molecule has 0 N–H and O–H groups in total. The molecule has 0 bridgehead atoms. The molecule has 2 amide bonds. The van der Waals surface area contributed by atoms with Crippen molar-refractivity contribution in [2.75, 3.05) is 6.54 Å². The van der Waals surface area contributed by atoms with Gasteiger partial charge in [-0.2, -0.15) is 0 Å². The standard InChI is InChI=1S/C17H15NO2S/c1-2-10-18-16(19)15(21-17(18)20)11-13-8-5-7-12-6-3-4-9-14(12)13/h3-9,11H,2,10H2,1H3/b15-11+. The minimum Gasteiger partial charge on any atom is -0.268 e. The normalized spacial score (nSPS) is 17.2. The fourth-order valence-electron chi connectivity index (χ4n) is 2.43. The summed E-state index contributed by atoms with van der Waals surface area (Å²) in [6, 6.07) is 14.0. The van der Waals surface area contributed by atoms with E-state index in [1.165, 1.54) is 4.90 Å². The minimum absolute atomic E-state index is 0.173. The van der Waals surface area contributed by atoms with Crippen molar-refractivity contribution >= 4 is 39.8 Å². The van der Waals surface area contributed by atoms with Crippen LogP contribution in [0.3, 0.4) is 0 Å². The summed E-state index contributed by atoms with van der Waals surface area (Å²) >= 11 is 1.02. The van der Waals surface area contributed by atoms with E-state index in [1.54, 1.807) is 0 Å². The van der Waals surface area contributed by atoms with Crippen LogP contribution in [0.2, 0.25) is 0 Å². The number of benzene rings is 2. The van der Waals surface area contributed by atoms with Crippen LogP contribution in [0, 0.1) is 0 Å². The van der Waals surface area contributed by atoms with E-state index >= 15 is 0 Å². The number of nitrogens with zero attached hydrogens (tertiary/aromatic N) is 1. The zero-order chi connectivity index (χ0) is 14.8. The molecule has 3 rings (SSSR count). The van der Waals surface area contributed by atoms with Crippen molar-refractivity contribution in [3.63, 3.8) is 0 Å². The van der Waals surface area contributed by atoms with E-state index in [1.807, 2.05) is 55.5 Å². The first-order chi connectivity index (χ1) is 10.2. The Bertz CT molecular complexity index is 746. The Hall–Kier alpha value is -2.07. The van der Waals surface area contributed by atoms with Gasteiger partial charge in [-0.25, -0.2) is 0 Å². The van der Waals surface area contributed by atoms with Crippen LogP contribution < -0.4 is 0 Å². The smallest absolute Gasteiger partial charge is 0.268 e. The van der Waals surface area contributed by atoms with Gasteiger partial charge >= 0.3 is 0 Å². The number of amides is 2. The molecule has 1 saturated heterocycles. The third-order valence-electron chi connectivity index (χ3n) is 3.43. The van der Waals surface area contributed by atoms with Crippen LogP contribution in [-0.4, -0.2) is 22.6 Å². The maximum atomic E-state index is 12.3. The molecular formula is C17H15NO2S. The largest absolute Gasteiger partial charge is 0.293 e. The lowest BCUT2D eigenvalue weighted by molar-refractivity contribution is -0.122. The van der Waals surface area contributed by atoms with Gasteiger partial charge in [0.25, 0.3) is 11.1 Å². The van der Waals surface area contributed by atoms with Gasteiger partial charge in [-0.3, -0.25) is 14.5 Å². The third kappa shape index (κ3) is 2.59. The number of carbonyl (C=O) groups excluding carboxylic acids is 2. The Morgan fingerprint density at radius 2 is 1.86 bits per heavy atom. The van der Waals surface area contributed by atoms with Gasteiger partial charge in [0, 0.05) is 6.54 Å². The fraction of sp³-hybridized carbons (Fsp3) is 0.176. The highest BCUT2D eigenvalue weighted by Gasteiger charge is 2.34. The zero-order valence-electron chi connectivity index (χ0n) is 11.7. The first-order valence-corrected chi connectivity index (χ1v) is 7.75. The van der Waals surface area contributed by atoms with Crippen molar-refractivity contribution in [1.82, 2.24) is 4.90 Å². The van der Waals surface area contributed by atoms with Gasteiger partial charge in [0.15, 0.2) is 0 Å². The molecule has 0 aromatic heterocycles. The van der Waals surface area contributed by atoms with Crippen molar-refractivity contribution in [2.45, 2.75) is 13.3 Å². The van der Waals surface area contributed by atoms with Gasteiger partial charge in [-0.05, 0) is 40.6 Å². The predicted molar refractivity (Wildman–Crippen MR) is 86.9 cm³/mol. The number of carbonyl (C=O) groups is 2. The number of thioether (sulfide) groups is 1. The molecule has 106 valence electrons. The number of fused-ring (bicyclic) bond motifs is 1. The van der Waals surface area contributed by atoms with E-state index in [9.17, 15) is 9.59 Å². The van der Waals surface area contributed by atoms with E-state index in [-0.39, 0.29) is 11.1 Å². The second-order valence-corrected chi connectivity index (χ2v) is 5.89. The van der Waals surface area contributed by atoms with E-state index in [0.717, 1.165) is 34.5 Å². The molecule has 4 heteroatoms. The lowest BCUT2D eigenvalue weighted by Crippen LogP contribution is -2.28. The zero-order valence-corrected chi connectivity index (χ0v) is 12.5. The lowest BCUT2D eigenvalue weighted by Gasteiger charge is -2.09. The maximum absolute atomic E-state index is 12.3. The Balaban J connectivity index is 2.01. The molecule has 0 saturated carbocycles. The Kier molecular flexibility index (Phi) is 3.80. The van der Waals surface area contributed by atoms with Gasteiger partial charge in [-0.15, -0.1) is 0 Å². The molecule has 1 fully saturated rings. The van der Waals surface area contributed by atoms with Crippen molar-refractivity contribution in [1.29, 1.82) is 0 Å². The summed E-state index contributed by atoms with van der Waals surface area (Å²) in [6.45, 7) is 2.44. The molecule has 2 aromatic rings. The summed E-state index contributed by atoms with van der Waals surface area (Å²) < 4.78 is 0. The van der Waals surface area contributed by atoms with Crippen molar-refractivity contribution in [2.24, 2.45) is 0 Å². The second-order valence-electron chi connectivity index (χ2n) is 4.90. The predicted octanol–water partition coefficient (Wildman–Crippen LogP) is 4.29. The molecule has 0 atom stereocenters. The topological polar surface area (TPSA) is 37.4 Å². The minimum atomic E-state index is -0.181. The van der Waals surface area contributed by atoms with E-state index in [0.29, 0.717) is 11.4 Å². The van der Waals surface area contributed by atoms with Crippen LogP contribution in [0.4, 0.5) is 4.79 Å². The molecular weight excluding hydrogens is 282 g/mol. The van der Waals surface area contributed by atoms with E-state index < -0.39 is 0 Å². The fourth-order valence-corrected chi connectivity index (χ4v) is 3.29. The van der Waals surface area contributed by atoms with Crippen LogP contribution in [0.5, 0.6) is 0 Å². The van der Waals surface area contributed by atoms with Crippen LogP contribution >= 0.6 is 11.8 Å². The van der Waals surface area contributed by atoms with Gasteiger partial charge in [0.05, 0.1) is 4.91 Å². The molecule has 3 nitrogen and oxygen atoms in total. The highest BCUT2D eigenvalue weighted by molar-refractivity contribution is 8.18. The quantitative estimate of drug-likeness (QED) is 0.793.